The van der Waals surface area contributed by atoms with Crippen LogP contribution in [0.1, 0.15) is 32.1 Å². The van der Waals surface area contributed by atoms with E-state index in [0.717, 1.165) is 39.0 Å². The summed E-state index contributed by atoms with van der Waals surface area (Å²) in [5.41, 5.74) is 0. The number of rotatable bonds is 3. The standard InChI is InChI=1S/C14H24F3N3O/c15-14(16,17)11-4-1-2-5-12(11)19-13(21)10-20-8-3-6-18-7-9-20/h11-12,18H,1-10H2,(H,19,21). The smallest absolute Gasteiger partial charge is 0.352 e. The number of hydrogen-bond acceptors (Lipinski definition) is 3. The Bertz CT molecular complexity index is 341. The molecule has 21 heavy (non-hydrogen) atoms. The molecular weight excluding hydrogens is 283 g/mol. The number of nitrogens with one attached hydrogen (secondary N) is 2. The molecule has 1 saturated heterocycles. The van der Waals surface area contributed by atoms with Crippen LogP contribution in [0.3, 0.4) is 0 Å². The Balaban J connectivity index is 1.85. The monoisotopic (exact) mass is 307 g/mol. The van der Waals surface area contributed by atoms with Gasteiger partial charge in [0.15, 0.2) is 0 Å². The van der Waals surface area contributed by atoms with Crippen LogP contribution in [0.25, 0.3) is 0 Å². The molecule has 2 unspecified atom stereocenters. The molecule has 4 nitrogen and oxygen atoms in total. The van der Waals surface area contributed by atoms with Crippen molar-refractivity contribution in [1.82, 2.24) is 15.5 Å². The van der Waals surface area contributed by atoms with E-state index in [2.05, 4.69) is 10.6 Å². The molecule has 1 aliphatic carbocycles. The van der Waals surface area contributed by atoms with E-state index >= 15 is 0 Å². The van der Waals surface area contributed by atoms with Crippen LogP contribution < -0.4 is 10.6 Å². The third-order valence-corrected chi connectivity index (χ3v) is 4.33. The highest BCUT2D eigenvalue weighted by Crippen LogP contribution is 2.37. The molecule has 1 saturated carbocycles. The quantitative estimate of drug-likeness (QED) is 0.831. The molecule has 1 aliphatic heterocycles. The number of carbonyl (C=O) groups excluding carboxylic acids is 1. The van der Waals surface area contributed by atoms with E-state index in [-0.39, 0.29) is 18.9 Å². The van der Waals surface area contributed by atoms with Crippen molar-refractivity contribution < 1.29 is 18.0 Å². The van der Waals surface area contributed by atoms with Crippen molar-refractivity contribution in [2.24, 2.45) is 5.92 Å². The topological polar surface area (TPSA) is 44.4 Å². The highest BCUT2D eigenvalue weighted by molar-refractivity contribution is 5.78. The molecule has 1 amide bonds. The number of carbonyl (C=O) groups is 1. The molecule has 0 aromatic heterocycles. The summed E-state index contributed by atoms with van der Waals surface area (Å²) in [6.07, 6.45) is -1.36. The molecule has 0 bridgehead atoms. The van der Waals surface area contributed by atoms with Gasteiger partial charge in [0.05, 0.1) is 12.5 Å². The number of nitrogens with zero attached hydrogens (tertiary/aromatic N) is 1. The molecule has 0 radical (unpaired) electrons. The maximum Gasteiger partial charge on any atom is 0.393 e. The molecule has 2 rings (SSSR count). The molecule has 0 spiro atoms. The molecule has 7 heteroatoms. The summed E-state index contributed by atoms with van der Waals surface area (Å²) in [5, 5.41) is 5.86. The Morgan fingerprint density at radius 2 is 1.90 bits per heavy atom. The molecule has 0 aromatic carbocycles. The molecule has 122 valence electrons. The van der Waals surface area contributed by atoms with Crippen molar-refractivity contribution in [3.63, 3.8) is 0 Å². The summed E-state index contributed by atoms with van der Waals surface area (Å²) in [6.45, 7) is 3.52. The van der Waals surface area contributed by atoms with E-state index in [0.29, 0.717) is 12.8 Å². The van der Waals surface area contributed by atoms with Crippen molar-refractivity contribution in [1.29, 1.82) is 0 Å². The van der Waals surface area contributed by atoms with Crippen molar-refractivity contribution in [3.8, 4) is 0 Å². The average Bonchev–Trinajstić information content (AvgIpc) is 2.66. The summed E-state index contributed by atoms with van der Waals surface area (Å²) in [7, 11) is 0. The summed E-state index contributed by atoms with van der Waals surface area (Å²) in [6, 6.07) is -0.753. The van der Waals surface area contributed by atoms with Gasteiger partial charge in [-0.25, -0.2) is 0 Å². The van der Waals surface area contributed by atoms with E-state index in [1.165, 1.54) is 0 Å². The third kappa shape index (κ3) is 5.14. The van der Waals surface area contributed by atoms with E-state index in [4.69, 9.17) is 0 Å². The molecule has 2 N–H and O–H groups in total. The summed E-state index contributed by atoms with van der Waals surface area (Å²) < 4.78 is 39.0. The molecule has 2 fully saturated rings. The zero-order valence-electron chi connectivity index (χ0n) is 12.2. The maximum atomic E-state index is 13.0. The van der Waals surface area contributed by atoms with Crippen LogP contribution in [-0.2, 0) is 4.79 Å². The lowest BCUT2D eigenvalue weighted by atomic mass is 9.84. The Morgan fingerprint density at radius 1 is 1.14 bits per heavy atom. The van der Waals surface area contributed by atoms with Gasteiger partial charge in [0.2, 0.25) is 5.91 Å². The summed E-state index contributed by atoms with van der Waals surface area (Å²) in [4.78, 5) is 14.0. The third-order valence-electron chi connectivity index (χ3n) is 4.33. The van der Waals surface area contributed by atoms with E-state index < -0.39 is 18.1 Å². The number of hydrogen-bond donors (Lipinski definition) is 2. The second-order valence-electron chi connectivity index (χ2n) is 5.99. The normalized spacial score (nSPS) is 28.9. The first-order valence-electron chi connectivity index (χ1n) is 7.76. The Kier molecular flexibility index (Phi) is 5.87. The molecule has 2 atom stereocenters. The van der Waals surface area contributed by atoms with Crippen molar-refractivity contribution in [2.75, 3.05) is 32.7 Å². The van der Waals surface area contributed by atoms with Crippen LogP contribution in [0, 0.1) is 5.92 Å². The Hall–Kier alpha value is -0.820. The van der Waals surface area contributed by atoms with Gasteiger partial charge in [-0.3, -0.25) is 9.69 Å². The van der Waals surface area contributed by atoms with Gasteiger partial charge in [-0.2, -0.15) is 13.2 Å². The van der Waals surface area contributed by atoms with Crippen LogP contribution in [-0.4, -0.2) is 55.7 Å². The molecular formula is C14H24F3N3O. The summed E-state index contributed by atoms with van der Waals surface area (Å²) in [5.74, 6) is -1.67. The fourth-order valence-corrected chi connectivity index (χ4v) is 3.21. The van der Waals surface area contributed by atoms with Crippen molar-refractivity contribution in [3.05, 3.63) is 0 Å². The minimum absolute atomic E-state index is 0.127. The van der Waals surface area contributed by atoms with Gasteiger partial charge in [0.1, 0.15) is 0 Å². The Morgan fingerprint density at radius 3 is 2.67 bits per heavy atom. The minimum Gasteiger partial charge on any atom is -0.352 e. The number of halogens is 3. The number of amides is 1. The van der Waals surface area contributed by atoms with Gasteiger partial charge in [-0.1, -0.05) is 12.8 Å². The highest BCUT2D eigenvalue weighted by Gasteiger charge is 2.45. The fraction of sp³-hybridized carbons (Fsp3) is 0.929. The lowest BCUT2D eigenvalue weighted by Gasteiger charge is -2.34. The first kappa shape index (κ1) is 16.5. The second kappa shape index (κ2) is 7.45. The SMILES string of the molecule is O=C(CN1CCCNCC1)NC1CCCCC1C(F)(F)F. The zero-order chi connectivity index (χ0) is 15.3. The fourth-order valence-electron chi connectivity index (χ4n) is 3.21. The van der Waals surface area contributed by atoms with E-state index in [1.54, 1.807) is 0 Å². The van der Waals surface area contributed by atoms with Crippen LogP contribution >= 0.6 is 0 Å². The average molecular weight is 307 g/mol. The Labute approximate surface area is 123 Å². The second-order valence-corrected chi connectivity index (χ2v) is 5.99. The first-order valence-corrected chi connectivity index (χ1v) is 7.76. The largest absolute Gasteiger partial charge is 0.393 e. The van der Waals surface area contributed by atoms with Gasteiger partial charge >= 0.3 is 6.18 Å². The first-order chi connectivity index (χ1) is 9.97. The van der Waals surface area contributed by atoms with Gasteiger partial charge in [-0.05, 0) is 32.4 Å². The molecule has 0 aromatic rings. The van der Waals surface area contributed by atoms with Crippen LogP contribution in [0.4, 0.5) is 13.2 Å². The van der Waals surface area contributed by atoms with Crippen molar-refractivity contribution >= 4 is 5.91 Å². The lowest BCUT2D eigenvalue weighted by Crippen LogP contribution is -2.50. The van der Waals surface area contributed by atoms with Gasteiger partial charge < -0.3 is 10.6 Å². The predicted octanol–water partition coefficient (Wildman–Crippen LogP) is 1.52. The van der Waals surface area contributed by atoms with E-state index in [9.17, 15) is 18.0 Å². The van der Waals surface area contributed by atoms with Crippen LogP contribution in [0.5, 0.6) is 0 Å². The van der Waals surface area contributed by atoms with Crippen LogP contribution in [0.2, 0.25) is 0 Å². The van der Waals surface area contributed by atoms with Gasteiger partial charge in [-0.15, -0.1) is 0 Å². The zero-order valence-corrected chi connectivity index (χ0v) is 12.2. The van der Waals surface area contributed by atoms with Gasteiger partial charge in [0.25, 0.3) is 0 Å². The molecule has 2 aliphatic rings. The van der Waals surface area contributed by atoms with Gasteiger partial charge in [0, 0.05) is 19.1 Å². The predicted molar refractivity (Wildman–Crippen MR) is 73.9 cm³/mol. The molecule has 1 heterocycles. The van der Waals surface area contributed by atoms with Crippen LogP contribution in [0.15, 0.2) is 0 Å². The van der Waals surface area contributed by atoms with E-state index in [1.807, 2.05) is 4.90 Å². The maximum absolute atomic E-state index is 13.0. The van der Waals surface area contributed by atoms with Crippen molar-refractivity contribution in [2.45, 2.75) is 44.3 Å². The number of alkyl halides is 3. The summed E-state index contributed by atoms with van der Waals surface area (Å²) >= 11 is 0. The minimum atomic E-state index is -4.22. The lowest BCUT2D eigenvalue weighted by molar-refractivity contribution is -0.189. The highest BCUT2D eigenvalue weighted by atomic mass is 19.4.